The molecule has 1 N–H and O–H groups in total. The molecule has 0 fully saturated rings. The van der Waals surface area contributed by atoms with Crippen molar-refractivity contribution in [3.63, 3.8) is 0 Å². The molecule has 1 atom stereocenters. The van der Waals surface area contributed by atoms with Crippen LogP contribution in [0.5, 0.6) is 0 Å². The molecule has 1 aromatic carbocycles. The van der Waals surface area contributed by atoms with Crippen molar-refractivity contribution in [2.45, 2.75) is 78.2 Å². The van der Waals surface area contributed by atoms with E-state index in [4.69, 9.17) is 9.47 Å². The minimum absolute atomic E-state index is 0.0460. The SMILES string of the molecule is CCOC(=O)C[C@H](CC(=O)CNC(=O)OC(C)(C)C)c1cc(-c2cncnc2)cc(C(C)(C)C)c1. The van der Waals surface area contributed by atoms with Crippen molar-refractivity contribution < 1.29 is 23.9 Å². The number of carbonyl (C=O) groups excluding carboxylic acids is 3. The number of ketones is 1. The number of carbonyl (C=O) groups is 3. The van der Waals surface area contributed by atoms with Gasteiger partial charge in [0.2, 0.25) is 0 Å². The smallest absolute Gasteiger partial charge is 0.408 e. The second kappa shape index (κ2) is 11.9. The molecule has 1 heterocycles. The molecule has 0 radical (unpaired) electrons. The molecule has 2 rings (SSSR count). The predicted octanol–water partition coefficient (Wildman–Crippen LogP) is 4.96. The Morgan fingerprint density at radius 2 is 1.60 bits per heavy atom. The summed E-state index contributed by atoms with van der Waals surface area (Å²) in [5.74, 6) is -1.01. The first-order valence-corrected chi connectivity index (χ1v) is 11.8. The molecule has 35 heavy (non-hydrogen) atoms. The van der Waals surface area contributed by atoms with E-state index in [1.165, 1.54) is 6.33 Å². The molecule has 8 heteroatoms. The topological polar surface area (TPSA) is 107 Å². The molecule has 0 aliphatic carbocycles. The average molecular weight is 484 g/mol. The molecular formula is C27H37N3O5. The molecule has 1 aromatic heterocycles. The zero-order chi connectivity index (χ0) is 26.2. The Kier molecular flexibility index (Phi) is 9.51. The number of rotatable bonds is 9. The van der Waals surface area contributed by atoms with Gasteiger partial charge in [-0.3, -0.25) is 9.59 Å². The van der Waals surface area contributed by atoms with Crippen LogP contribution in [-0.4, -0.2) is 46.6 Å². The maximum atomic E-state index is 12.8. The fraction of sp³-hybridized carbons (Fsp3) is 0.519. The summed E-state index contributed by atoms with van der Waals surface area (Å²) in [5.41, 5.74) is 2.81. The van der Waals surface area contributed by atoms with E-state index < -0.39 is 17.6 Å². The number of aromatic nitrogens is 2. The highest BCUT2D eigenvalue weighted by atomic mass is 16.6. The summed E-state index contributed by atoms with van der Waals surface area (Å²) in [4.78, 5) is 45.5. The zero-order valence-electron chi connectivity index (χ0n) is 21.8. The fourth-order valence-corrected chi connectivity index (χ4v) is 3.50. The lowest BCUT2D eigenvalue weighted by Crippen LogP contribution is -2.35. The van der Waals surface area contributed by atoms with Crippen LogP contribution in [-0.2, 0) is 24.5 Å². The van der Waals surface area contributed by atoms with Gasteiger partial charge in [-0.15, -0.1) is 0 Å². The van der Waals surface area contributed by atoms with Crippen molar-refractivity contribution >= 4 is 17.8 Å². The largest absolute Gasteiger partial charge is 0.466 e. The number of alkyl carbamates (subject to hydrolysis) is 1. The fourth-order valence-electron chi connectivity index (χ4n) is 3.50. The summed E-state index contributed by atoms with van der Waals surface area (Å²) in [7, 11) is 0. The Labute approximate surface area is 207 Å². The highest BCUT2D eigenvalue weighted by Crippen LogP contribution is 2.34. The van der Waals surface area contributed by atoms with Gasteiger partial charge in [0.25, 0.3) is 0 Å². The number of benzene rings is 1. The highest BCUT2D eigenvalue weighted by molar-refractivity contribution is 5.85. The van der Waals surface area contributed by atoms with Gasteiger partial charge in [-0.1, -0.05) is 39.0 Å². The van der Waals surface area contributed by atoms with E-state index in [1.54, 1.807) is 40.1 Å². The van der Waals surface area contributed by atoms with Crippen molar-refractivity contribution in [2.75, 3.05) is 13.2 Å². The molecule has 0 spiro atoms. The van der Waals surface area contributed by atoms with Crippen molar-refractivity contribution in [1.29, 1.82) is 0 Å². The summed E-state index contributed by atoms with van der Waals surface area (Å²) in [6, 6.07) is 6.08. The number of ether oxygens (including phenoxy) is 2. The van der Waals surface area contributed by atoms with Crippen LogP contribution in [0.3, 0.4) is 0 Å². The Bertz CT molecular complexity index is 1020. The number of nitrogens with one attached hydrogen (secondary N) is 1. The monoisotopic (exact) mass is 483 g/mol. The van der Waals surface area contributed by atoms with Gasteiger partial charge >= 0.3 is 12.1 Å². The second-order valence-electron chi connectivity index (χ2n) is 10.5. The minimum Gasteiger partial charge on any atom is -0.466 e. The van der Waals surface area contributed by atoms with Crippen molar-refractivity contribution in [1.82, 2.24) is 15.3 Å². The maximum absolute atomic E-state index is 12.8. The summed E-state index contributed by atoms with van der Waals surface area (Å²) in [5, 5.41) is 2.50. The standard InChI is InChI=1S/C27H37N3O5/c1-8-34-24(32)13-20(12-23(31)16-30-25(33)35-27(5,6)7)18-9-19(21-14-28-17-29-15-21)11-22(10-18)26(2,3)4/h9-11,14-15,17,20H,8,12-13,16H2,1-7H3,(H,30,33)/t20-/m0/s1. The van der Waals surface area contributed by atoms with Crippen LogP contribution in [0.25, 0.3) is 11.1 Å². The third-order valence-corrected chi connectivity index (χ3v) is 5.21. The van der Waals surface area contributed by atoms with E-state index in [-0.39, 0.29) is 43.2 Å². The van der Waals surface area contributed by atoms with E-state index in [0.29, 0.717) is 0 Å². The summed E-state index contributed by atoms with van der Waals surface area (Å²) in [6.45, 7) is 13.4. The summed E-state index contributed by atoms with van der Waals surface area (Å²) in [6.07, 6.45) is 4.38. The highest BCUT2D eigenvalue weighted by Gasteiger charge is 2.25. The van der Waals surface area contributed by atoms with Gasteiger partial charge < -0.3 is 14.8 Å². The zero-order valence-corrected chi connectivity index (χ0v) is 21.8. The Balaban J connectivity index is 2.36. The van der Waals surface area contributed by atoms with Crippen molar-refractivity contribution in [3.05, 3.63) is 48.0 Å². The van der Waals surface area contributed by atoms with Crippen LogP contribution >= 0.6 is 0 Å². The molecule has 0 aliphatic heterocycles. The van der Waals surface area contributed by atoms with Crippen LogP contribution < -0.4 is 5.32 Å². The predicted molar refractivity (Wildman–Crippen MR) is 134 cm³/mol. The van der Waals surface area contributed by atoms with Gasteiger partial charge in [-0.05, 0) is 49.8 Å². The van der Waals surface area contributed by atoms with Gasteiger partial charge in [-0.2, -0.15) is 0 Å². The van der Waals surface area contributed by atoms with Gasteiger partial charge in [0, 0.05) is 30.3 Å². The van der Waals surface area contributed by atoms with E-state index >= 15 is 0 Å². The van der Waals surface area contributed by atoms with E-state index in [9.17, 15) is 14.4 Å². The van der Waals surface area contributed by atoms with Crippen LogP contribution in [0.15, 0.2) is 36.9 Å². The number of Topliss-reactive ketones (excluding diaryl/α,β-unsaturated/α-hetero) is 1. The van der Waals surface area contributed by atoms with E-state index in [0.717, 1.165) is 22.3 Å². The molecule has 0 bridgehead atoms. The Hall–Kier alpha value is -3.29. The molecule has 1 amide bonds. The third-order valence-electron chi connectivity index (χ3n) is 5.21. The minimum atomic E-state index is -0.662. The van der Waals surface area contributed by atoms with Crippen molar-refractivity contribution in [2.24, 2.45) is 0 Å². The average Bonchev–Trinajstić information content (AvgIpc) is 2.76. The number of amides is 1. The molecular weight excluding hydrogens is 446 g/mol. The van der Waals surface area contributed by atoms with Crippen LogP contribution in [0, 0.1) is 0 Å². The first-order valence-electron chi connectivity index (χ1n) is 11.8. The van der Waals surface area contributed by atoms with Crippen LogP contribution in [0.2, 0.25) is 0 Å². The molecule has 2 aromatic rings. The molecule has 0 saturated heterocycles. The lowest BCUT2D eigenvalue weighted by atomic mass is 9.81. The van der Waals surface area contributed by atoms with E-state index in [1.807, 2.05) is 12.1 Å². The third kappa shape index (κ3) is 9.47. The Morgan fingerprint density at radius 1 is 0.943 bits per heavy atom. The summed E-state index contributed by atoms with van der Waals surface area (Å²) >= 11 is 0. The normalized spacial score (nSPS) is 12.5. The molecule has 8 nitrogen and oxygen atoms in total. The maximum Gasteiger partial charge on any atom is 0.408 e. The van der Waals surface area contributed by atoms with Crippen LogP contribution in [0.4, 0.5) is 4.79 Å². The lowest BCUT2D eigenvalue weighted by molar-refractivity contribution is -0.143. The number of hydrogen-bond acceptors (Lipinski definition) is 7. The van der Waals surface area contributed by atoms with Gasteiger partial charge in [0.15, 0.2) is 5.78 Å². The van der Waals surface area contributed by atoms with Crippen molar-refractivity contribution in [3.8, 4) is 11.1 Å². The molecule has 0 aliphatic rings. The van der Waals surface area contributed by atoms with E-state index in [2.05, 4.69) is 42.1 Å². The quantitative estimate of drug-likeness (QED) is 0.502. The van der Waals surface area contributed by atoms with Crippen LogP contribution in [0.1, 0.15) is 78.4 Å². The molecule has 0 unspecified atom stereocenters. The second-order valence-corrected chi connectivity index (χ2v) is 10.5. The number of esters is 1. The van der Waals surface area contributed by atoms with Gasteiger partial charge in [0.1, 0.15) is 11.9 Å². The Morgan fingerprint density at radius 3 is 2.17 bits per heavy atom. The first-order chi connectivity index (χ1) is 16.3. The number of hydrogen-bond donors (Lipinski definition) is 1. The first kappa shape index (κ1) is 28.0. The van der Waals surface area contributed by atoms with Gasteiger partial charge in [-0.25, -0.2) is 14.8 Å². The molecule has 190 valence electrons. The summed E-state index contributed by atoms with van der Waals surface area (Å²) < 4.78 is 10.4. The number of nitrogens with zero attached hydrogens (tertiary/aromatic N) is 2. The lowest BCUT2D eigenvalue weighted by Gasteiger charge is -2.24. The molecule has 0 saturated carbocycles. The van der Waals surface area contributed by atoms with Gasteiger partial charge in [0.05, 0.1) is 19.6 Å².